The first kappa shape index (κ1) is 27.4. The Morgan fingerprint density at radius 1 is 1.07 bits per heavy atom. The van der Waals surface area contributed by atoms with Gasteiger partial charge in [-0.2, -0.15) is 9.78 Å². The van der Waals surface area contributed by atoms with Gasteiger partial charge in [-0.1, -0.05) is 45.7 Å². The second-order valence-electron chi connectivity index (χ2n) is 9.14. The molecule has 6 aromatic rings. The van der Waals surface area contributed by atoms with E-state index >= 15 is 0 Å². The first-order valence-electron chi connectivity index (χ1n) is 12.6. The molecule has 0 spiro atoms. The number of furan rings is 1. The maximum absolute atomic E-state index is 13.6. The van der Waals surface area contributed by atoms with Crippen LogP contribution in [0.2, 0.25) is 5.02 Å². The van der Waals surface area contributed by atoms with Gasteiger partial charge in [0.2, 0.25) is 5.82 Å². The summed E-state index contributed by atoms with van der Waals surface area (Å²) in [6, 6.07) is 24.6. The van der Waals surface area contributed by atoms with Gasteiger partial charge in [-0.15, -0.1) is 0 Å². The van der Waals surface area contributed by atoms with Gasteiger partial charge >= 0.3 is 0 Å². The summed E-state index contributed by atoms with van der Waals surface area (Å²) in [5.41, 5.74) is 1.44. The maximum atomic E-state index is 13.6. The van der Waals surface area contributed by atoms with Crippen LogP contribution < -0.4 is 15.6 Å². The molecule has 2 aromatic heterocycles. The summed E-state index contributed by atoms with van der Waals surface area (Å²) in [5.74, 6) is -0.0997. The first-order chi connectivity index (χ1) is 20.3. The molecule has 11 heteroatoms. The SMILES string of the molecule is O=C(COc1ccc(Br)cc1C=Nn1c(-c2cc3cc(Cl)ccc3o2)nc2ccccc2c1=O)Nc1cccc(F)c1. The van der Waals surface area contributed by atoms with E-state index in [-0.39, 0.29) is 12.4 Å². The Morgan fingerprint density at radius 2 is 1.93 bits per heavy atom. The Labute approximate surface area is 251 Å². The van der Waals surface area contributed by atoms with Crippen LogP contribution in [0.5, 0.6) is 5.75 Å². The quantitative estimate of drug-likeness (QED) is 0.184. The molecule has 0 saturated heterocycles. The molecule has 0 radical (unpaired) electrons. The number of para-hydroxylation sites is 1. The molecular weight excluding hydrogens is 627 g/mol. The molecule has 0 fully saturated rings. The Kier molecular flexibility index (Phi) is 7.56. The van der Waals surface area contributed by atoms with Gasteiger partial charge in [0.1, 0.15) is 17.1 Å². The lowest BCUT2D eigenvalue weighted by Crippen LogP contribution is -2.21. The lowest BCUT2D eigenvalue weighted by molar-refractivity contribution is -0.118. The average Bonchev–Trinajstić information content (AvgIpc) is 3.39. The molecule has 6 rings (SSSR count). The zero-order valence-electron chi connectivity index (χ0n) is 21.6. The van der Waals surface area contributed by atoms with Crippen LogP contribution in [0, 0.1) is 5.82 Å². The minimum Gasteiger partial charge on any atom is -0.483 e. The molecule has 1 amide bonds. The number of fused-ring (bicyclic) bond motifs is 2. The van der Waals surface area contributed by atoms with Crippen molar-refractivity contribution < 1.29 is 18.3 Å². The minimum absolute atomic E-state index is 0.189. The molecule has 0 saturated carbocycles. The predicted octanol–water partition coefficient (Wildman–Crippen LogP) is 7.26. The van der Waals surface area contributed by atoms with Gasteiger partial charge < -0.3 is 14.5 Å². The van der Waals surface area contributed by atoms with Crippen LogP contribution >= 0.6 is 27.5 Å². The summed E-state index contributed by atoms with van der Waals surface area (Å²) < 4.78 is 27.1. The number of anilines is 1. The highest BCUT2D eigenvalue weighted by Gasteiger charge is 2.17. The Bertz CT molecular complexity index is 2070. The van der Waals surface area contributed by atoms with Gasteiger partial charge in [0.25, 0.3) is 11.5 Å². The molecule has 0 unspecified atom stereocenters. The van der Waals surface area contributed by atoms with Crippen LogP contribution in [0.1, 0.15) is 5.56 Å². The van der Waals surface area contributed by atoms with Gasteiger partial charge in [0.05, 0.1) is 17.1 Å². The fraction of sp³-hybridized carbons (Fsp3) is 0.0323. The molecule has 1 N–H and O–H groups in total. The van der Waals surface area contributed by atoms with Crippen LogP contribution in [-0.2, 0) is 4.79 Å². The summed E-state index contributed by atoms with van der Waals surface area (Å²) >= 11 is 9.59. The normalized spacial score (nSPS) is 11.4. The Hall–Kier alpha value is -4.80. The van der Waals surface area contributed by atoms with Crippen molar-refractivity contribution in [1.29, 1.82) is 0 Å². The summed E-state index contributed by atoms with van der Waals surface area (Å²) in [7, 11) is 0. The summed E-state index contributed by atoms with van der Waals surface area (Å²) in [4.78, 5) is 30.7. The number of ether oxygens (including phenoxy) is 1. The zero-order chi connectivity index (χ0) is 29.2. The van der Waals surface area contributed by atoms with E-state index in [1.54, 1.807) is 72.8 Å². The second-order valence-corrected chi connectivity index (χ2v) is 10.5. The second kappa shape index (κ2) is 11.6. The third-order valence-electron chi connectivity index (χ3n) is 6.20. The van der Waals surface area contributed by atoms with E-state index in [0.29, 0.717) is 44.3 Å². The van der Waals surface area contributed by atoms with Crippen LogP contribution in [-0.4, -0.2) is 28.4 Å². The molecule has 2 heterocycles. The number of carbonyl (C=O) groups excluding carboxylic acids is 1. The Morgan fingerprint density at radius 3 is 2.79 bits per heavy atom. The van der Waals surface area contributed by atoms with Crippen molar-refractivity contribution in [1.82, 2.24) is 9.66 Å². The number of hydrogen-bond donors (Lipinski definition) is 1. The molecule has 4 aromatic carbocycles. The van der Waals surface area contributed by atoms with Gasteiger partial charge in [0, 0.05) is 26.1 Å². The van der Waals surface area contributed by atoms with Crippen LogP contribution in [0.4, 0.5) is 10.1 Å². The number of halogens is 3. The molecule has 0 atom stereocenters. The summed E-state index contributed by atoms with van der Waals surface area (Å²) in [6.07, 6.45) is 1.44. The monoisotopic (exact) mass is 644 g/mol. The van der Waals surface area contributed by atoms with E-state index in [1.165, 1.54) is 24.4 Å². The van der Waals surface area contributed by atoms with E-state index in [1.807, 2.05) is 0 Å². The van der Waals surface area contributed by atoms with Gasteiger partial charge in [-0.25, -0.2) is 9.37 Å². The molecule has 208 valence electrons. The number of carbonyl (C=O) groups is 1. The summed E-state index contributed by atoms with van der Waals surface area (Å²) in [6.45, 7) is -0.344. The topological polar surface area (TPSA) is 98.7 Å². The number of nitrogens with one attached hydrogen (secondary N) is 1. The Balaban J connectivity index is 1.35. The molecule has 0 bridgehead atoms. The fourth-order valence-electron chi connectivity index (χ4n) is 4.29. The van der Waals surface area contributed by atoms with Gasteiger partial charge in [-0.3, -0.25) is 9.59 Å². The number of aromatic nitrogens is 2. The molecule has 0 aliphatic carbocycles. The van der Waals surface area contributed by atoms with Crippen molar-refractivity contribution in [3.05, 3.63) is 122 Å². The number of nitrogens with zero attached hydrogens (tertiary/aromatic N) is 3. The van der Waals surface area contributed by atoms with Crippen molar-refractivity contribution in [2.75, 3.05) is 11.9 Å². The minimum atomic E-state index is -0.478. The van der Waals surface area contributed by atoms with Crippen LogP contribution in [0.15, 0.2) is 110 Å². The van der Waals surface area contributed by atoms with Gasteiger partial charge in [0.15, 0.2) is 12.4 Å². The molecular formula is C31H19BrClFN4O4. The standard InChI is InChI=1S/C31H19BrClFN4O4/c32-20-8-10-26(41-17-29(39)36-23-5-3-4-22(34)15-23)19(12-20)16-35-38-30(37-25-7-2-1-6-24(25)31(38)40)28-14-18-13-21(33)9-11-27(18)42-28/h1-16H,17H2,(H,36,39). The highest BCUT2D eigenvalue weighted by atomic mass is 79.9. The maximum Gasteiger partial charge on any atom is 0.282 e. The highest BCUT2D eigenvalue weighted by Crippen LogP contribution is 2.29. The van der Waals surface area contributed by atoms with Crippen LogP contribution in [0.25, 0.3) is 33.5 Å². The van der Waals surface area contributed by atoms with E-state index in [9.17, 15) is 14.0 Å². The molecule has 0 aliphatic rings. The fourth-order valence-corrected chi connectivity index (χ4v) is 4.85. The lowest BCUT2D eigenvalue weighted by Gasteiger charge is -2.11. The largest absolute Gasteiger partial charge is 0.483 e. The van der Waals surface area contributed by atoms with Crippen LogP contribution in [0.3, 0.4) is 0 Å². The molecule has 42 heavy (non-hydrogen) atoms. The molecule has 0 aliphatic heterocycles. The smallest absolute Gasteiger partial charge is 0.282 e. The third-order valence-corrected chi connectivity index (χ3v) is 6.93. The van der Waals surface area contributed by atoms with E-state index in [2.05, 4.69) is 31.3 Å². The predicted molar refractivity (Wildman–Crippen MR) is 164 cm³/mol. The van der Waals surface area contributed by atoms with Crippen molar-refractivity contribution in [3.63, 3.8) is 0 Å². The number of amides is 1. The lowest BCUT2D eigenvalue weighted by atomic mass is 10.2. The van der Waals surface area contributed by atoms with Crippen molar-refractivity contribution in [2.45, 2.75) is 0 Å². The zero-order valence-corrected chi connectivity index (χ0v) is 23.9. The van der Waals surface area contributed by atoms with Crippen molar-refractivity contribution in [2.24, 2.45) is 5.10 Å². The van der Waals surface area contributed by atoms with E-state index < -0.39 is 17.3 Å². The summed E-state index contributed by atoms with van der Waals surface area (Å²) in [5, 5.41) is 8.73. The van der Waals surface area contributed by atoms with Gasteiger partial charge in [-0.05, 0) is 72.8 Å². The number of benzene rings is 4. The third kappa shape index (κ3) is 5.81. The first-order valence-corrected chi connectivity index (χ1v) is 13.7. The molecule has 8 nitrogen and oxygen atoms in total. The number of rotatable bonds is 7. The van der Waals surface area contributed by atoms with E-state index in [0.717, 1.165) is 14.5 Å². The highest BCUT2D eigenvalue weighted by molar-refractivity contribution is 9.10. The van der Waals surface area contributed by atoms with Crippen molar-refractivity contribution >= 4 is 67.2 Å². The van der Waals surface area contributed by atoms with E-state index in [4.69, 9.17) is 20.8 Å². The van der Waals surface area contributed by atoms with Crippen molar-refractivity contribution in [3.8, 4) is 17.3 Å². The number of hydrogen-bond acceptors (Lipinski definition) is 6. The average molecular weight is 646 g/mol.